The molecule has 0 radical (unpaired) electrons. The van der Waals surface area contributed by atoms with Gasteiger partial charge in [0.2, 0.25) is 47.3 Å². The van der Waals surface area contributed by atoms with Crippen molar-refractivity contribution in [2.75, 3.05) is 32.8 Å². The number of amidine groups is 1. The molecule has 2 aliphatic rings. The highest BCUT2D eigenvalue weighted by Gasteiger charge is 2.36. The minimum Gasteiger partial charge on any atom is -0.508 e. The van der Waals surface area contributed by atoms with Crippen LogP contribution in [-0.4, -0.2) is 199 Å². The van der Waals surface area contributed by atoms with Crippen LogP contribution in [-0.2, 0) is 54.4 Å². The number of piperidine rings is 1. The molecule has 29 heteroatoms. The molecule has 0 saturated carbocycles. The summed E-state index contributed by atoms with van der Waals surface area (Å²) in [6, 6.07) is -5.83. The summed E-state index contributed by atoms with van der Waals surface area (Å²) < 4.78 is 0. The first-order chi connectivity index (χ1) is 35.4. The van der Waals surface area contributed by atoms with Crippen molar-refractivity contribution in [2.24, 2.45) is 16.5 Å². The molecule has 1 fully saturated rings. The SMILES string of the molecule is CC(=O)N(O)CCCC(NC(=O)C(CO)NC(=O)C(NC(=O)C(CCCCN)NC(=O)C(C)NC(=O)C1CCN=C(C(Cc2ccc(O)cc2)NC(=O)CCC(N)C(=O)O)N1)C(C)O)C(=O)NC1CCCN(O)C1=O. The van der Waals surface area contributed by atoms with E-state index < -0.39 is 126 Å². The lowest BCUT2D eigenvalue weighted by Crippen LogP contribution is -2.62. The monoisotopic (exact) mass is 1060 g/mol. The van der Waals surface area contributed by atoms with E-state index in [4.69, 9.17) is 16.6 Å². The number of nitrogens with two attached hydrogens (primary N) is 2. The van der Waals surface area contributed by atoms with Crippen molar-refractivity contribution in [1.29, 1.82) is 0 Å². The number of carbonyl (C=O) groups excluding carboxylic acids is 9. The van der Waals surface area contributed by atoms with Gasteiger partial charge in [0.15, 0.2) is 0 Å². The van der Waals surface area contributed by atoms with Gasteiger partial charge in [-0.05, 0) is 102 Å². The first-order valence-electron chi connectivity index (χ1n) is 24.6. The Bertz CT molecular complexity index is 2180. The van der Waals surface area contributed by atoms with Crippen molar-refractivity contribution in [1.82, 2.24) is 52.7 Å². The third-order valence-corrected chi connectivity index (χ3v) is 12.2. The fourth-order valence-electron chi connectivity index (χ4n) is 7.74. The second kappa shape index (κ2) is 31.0. The number of nitrogens with zero attached hydrogens (tertiary/aromatic N) is 3. The Kier molecular flexibility index (Phi) is 25.7. The van der Waals surface area contributed by atoms with Crippen LogP contribution < -0.4 is 54.0 Å². The number of phenolic OH excluding ortho intramolecular Hbond substituents is 1. The van der Waals surface area contributed by atoms with E-state index in [1.165, 1.54) is 19.1 Å². The first-order valence-corrected chi connectivity index (χ1v) is 24.6. The number of carboxylic acid groups (broad SMARTS) is 1. The van der Waals surface area contributed by atoms with Crippen molar-refractivity contribution < 1.29 is 78.8 Å². The van der Waals surface area contributed by atoms with Gasteiger partial charge in [0.1, 0.15) is 59.9 Å². The van der Waals surface area contributed by atoms with Crippen molar-refractivity contribution >= 4 is 65.0 Å². The Morgan fingerprint density at radius 3 is 2.09 bits per heavy atom. The molecule has 2 heterocycles. The number of nitrogens with one attached hydrogen (secondary N) is 8. The molecule has 1 aromatic carbocycles. The zero-order chi connectivity index (χ0) is 55.9. The van der Waals surface area contributed by atoms with E-state index in [0.29, 0.717) is 35.0 Å². The highest BCUT2D eigenvalue weighted by atomic mass is 16.5. The van der Waals surface area contributed by atoms with E-state index in [2.05, 4.69) is 47.5 Å². The number of rotatable bonds is 30. The summed E-state index contributed by atoms with van der Waals surface area (Å²) in [5, 5.41) is 80.6. The maximum Gasteiger partial charge on any atom is 0.320 e. The summed E-state index contributed by atoms with van der Waals surface area (Å²) in [5.41, 5.74) is 11.9. The summed E-state index contributed by atoms with van der Waals surface area (Å²) in [7, 11) is 0. The minimum atomic E-state index is -1.80. The lowest BCUT2D eigenvalue weighted by molar-refractivity contribution is -0.173. The molecule has 0 aliphatic carbocycles. The van der Waals surface area contributed by atoms with Crippen molar-refractivity contribution in [2.45, 2.75) is 152 Å². The smallest absolute Gasteiger partial charge is 0.320 e. The van der Waals surface area contributed by atoms with Gasteiger partial charge in [-0.2, -0.15) is 0 Å². The predicted octanol–water partition coefficient (Wildman–Crippen LogP) is -5.17. The van der Waals surface area contributed by atoms with Gasteiger partial charge < -0.3 is 74.4 Å². The number of benzene rings is 1. The number of hydrogen-bond donors (Lipinski definition) is 16. The van der Waals surface area contributed by atoms with E-state index in [9.17, 15) is 73.7 Å². The number of aliphatic hydroxyl groups is 2. The van der Waals surface area contributed by atoms with Crippen LogP contribution in [0.2, 0.25) is 0 Å². The molecule has 3 rings (SSSR count). The average molecular weight is 1060 g/mol. The van der Waals surface area contributed by atoms with Gasteiger partial charge in [-0.25, -0.2) is 10.1 Å². The number of aromatic hydroxyl groups is 1. The third kappa shape index (κ3) is 20.6. The third-order valence-electron chi connectivity index (χ3n) is 12.2. The molecule has 1 saturated heterocycles. The first kappa shape index (κ1) is 62.2. The van der Waals surface area contributed by atoms with Gasteiger partial charge in [0.05, 0.1) is 18.8 Å². The van der Waals surface area contributed by atoms with Crippen molar-refractivity contribution in [3.8, 4) is 5.75 Å². The maximum absolute atomic E-state index is 13.8. The fraction of sp³-hybridized carbons (Fsp3) is 0.630. The molecule has 418 valence electrons. The molecule has 18 N–H and O–H groups in total. The Morgan fingerprint density at radius 1 is 0.840 bits per heavy atom. The zero-order valence-electron chi connectivity index (χ0n) is 42.2. The number of hydrogen-bond acceptors (Lipinski definition) is 19. The molecular formula is C46H73N13O16. The quantitative estimate of drug-likeness (QED) is 0.0195. The molecule has 1 aromatic rings. The van der Waals surface area contributed by atoms with E-state index >= 15 is 0 Å². The van der Waals surface area contributed by atoms with E-state index in [1.807, 2.05) is 0 Å². The number of carbonyl (C=O) groups is 10. The average Bonchev–Trinajstić information content (AvgIpc) is 3.37. The number of unbranched alkanes of at least 4 members (excludes halogenated alkanes) is 1. The summed E-state index contributed by atoms with van der Waals surface area (Å²) >= 11 is 0. The van der Waals surface area contributed by atoms with Crippen molar-refractivity contribution in [3.05, 3.63) is 29.8 Å². The standard InChI is InChI=1S/C46H73N13O16/c1-24(50-40(66)32-17-19-49-38(52-32)34(22-27-11-13-28(63)14-12-27)51-36(64)16-15-29(48)46(72)73)39(65)53-30(8-4-5-18-47)42(68)57-37(25(2)61)44(70)56-35(23-60)43(69)54-31(9-6-20-58(74)26(3)62)41(67)55-33-10-7-21-59(75)45(33)71/h11-14,24-25,29-35,37,60-61,63,74-75H,4-10,15-23,47-48H2,1-3H3,(H,49,52)(H,50,66)(H,51,64)(H,53,65)(H,54,69)(H,55,67)(H,56,70)(H,57,68)(H,72,73). The lowest BCUT2D eigenvalue weighted by atomic mass is 10.0. The molecule has 9 amide bonds. The molecule has 0 bridgehead atoms. The molecule has 0 spiro atoms. The number of aliphatic carboxylic acids is 1. The van der Waals surface area contributed by atoms with Gasteiger partial charge in [-0.15, -0.1) is 0 Å². The molecule has 10 unspecified atom stereocenters. The second-order valence-electron chi connectivity index (χ2n) is 18.3. The van der Waals surface area contributed by atoms with Crippen LogP contribution in [0.4, 0.5) is 0 Å². The topological polar surface area (TPSA) is 459 Å². The normalized spacial score (nSPS) is 18.6. The largest absolute Gasteiger partial charge is 0.508 e. The number of carboxylic acids is 1. The number of aliphatic imine (C=N–C) groups is 1. The van der Waals surface area contributed by atoms with Crippen molar-refractivity contribution in [3.63, 3.8) is 0 Å². The zero-order valence-corrected chi connectivity index (χ0v) is 42.2. The molecule has 2 aliphatic heterocycles. The van der Waals surface area contributed by atoms with E-state index in [0.717, 1.165) is 13.8 Å². The fourth-order valence-corrected chi connectivity index (χ4v) is 7.74. The number of phenols is 1. The molecule has 0 aromatic heterocycles. The van der Waals surface area contributed by atoms with Crippen LogP contribution in [0.5, 0.6) is 5.75 Å². The number of aliphatic hydroxyl groups excluding tert-OH is 2. The summed E-state index contributed by atoms with van der Waals surface area (Å²) in [5.74, 6) is -8.77. The van der Waals surface area contributed by atoms with Gasteiger partial charge in [-0.1, -0.05) is 12.1 Å². The highest BCUT2D eigenvalue weighted by Crippen LogP contribution is 2.15. The summed E-state index contributed by atoms with van der Waals surface area (Å²) in [4.78, 5) is 134. The Morgan fingerprint density at radius 2 is 1.47 bits per heavy atom. The highest BCUT2D eigenvalue weighted by molar-refractivity contribution is 5.99. The second-order valence-corrected chi connectivity index (χ2v) is 18.3. The van der Waals surface area contributed by atoms with Crippen LogP contribution in [0.25, 0.3) is 0 Å². The van der Waals surface area contributed by atoms with Crippen LogP contribution >= 0.6 is 0 Å². The van der Waals surface area contributed by atoms with Crippen LogP contribution in [0.3, 0.4) is 0 Å². The van der Waals surface area contributed by atoms with Gasteiger partial charge in [-0.3, -0.25) is 63.4 Å². The maximum atomic E-state index is 13.8. The van der Waals surface area contributed by atoms with Gasteiger partial charge >= 0.3 is 5.97 Å². The predicted molar refractivity (Wildman–Crippen MR) is 263 cm³/mol. The molecular weight excluding hydrogens is 991 g/mol. The number of hydroxylamine groups is 4. The Balaban J connectivity index is 1.70. The van der Waals surface area contributed by atoms with E-state index in [1.54, 1.807) is 12.1 Å². The summed E-state index contributed by atoms with van der Waals surface area (Å²) in [6.45, 7) is 2.63. The van der Waals surface area contributed by atoms with Gasteiger partial charge in [0, 0.05) is 33.0 Å². The summed E-state index contributed by atoms with van der Waals surface area (Å²) in [6.07, 6.45) is -0.822. The lowest BCUT2D eigenvalue weighted by Gasteiger charge is -2.30. The minimum absolute atomic E-state index is 0.00310. The van der Waals surface area contributed by atoms with Crippen LogP contribution in [0, 0.1) is 0 Å². The van der Waals surface area contributed by atoms with E-state index in [-0.39, 0.29) is 89.1 Å². The van der Waals surface area contributed by atoms with Crippen LogP contribution in [0.1, 0.15) is 90.5 Å². The van der Waals surface area contributed by atoms with Crippen LogP contribution in [0.15, 0.2) is 29.3 Å². The molecule has 10 atom stereocenters. The molecule has 75 heavy (non-hydrogen) atoms. The Labute approximate surface area is 432 Å². The van der Waals surface area contributed by atoms with Gasteiger partial charge in [0.25, 0.3) is 5.91 Å². The Hall–Kier alpha value is -7.05. The molecule has 29 nitrogen and oxygen atoms in total. The number of amides is 9.